The summed E-state index contributed by atoms with van der Waals surface area (Å²) in [4.78, 5) is 0. The molecule has 0 radical (unpaired) electrons. The van der Waals surface area contributed by atoms with Crippen LogP contribution >= 0.6 is 11.6 Å². The molecular formula is C16H14ClFN2O. The number of fused-ring (bicyclic) bond motifs is 1. The Hall–Kier alpha value is -1.88. The standard InChI is InChI=1S/C16H14ClFN2O/c17-12-6-3-5-11(16(12)18)8-13(20-19)15-9-10-4-1-2-7-14(10)21-15/h1-7,9,13,20H,8,19H2. The maximum Gasteiger partial charge on any atom is 0.145 e. The molecule has 5 heteroatoms. The highest BCUT2D eigenvalue weighted by Crippen LogP contribution is 2.27. The van der Waals surface area contributed by atoms with E-state index in [1.54, 1.807) is 12.1 Å². The van der Waals surface area contributed by atoms with Crippen molar-refractivity contribution in [3.05, 3.63) is 70.7 Å². The molecule has 108 valence electrons. The fraction of sp³-hybridized carbons (Fsp3) is 0.125. The second-order valence-corrected chi connectivity index (χ2v) is 5.23. The molecule has 3 N–H and O–H groups in total. The van der Waals surface area contributed by atoms with E-state index in [1.165, 1.54) is 6.07 Å². The van der Waals surface area contributed by atoms with Gasteiger partial charge in [-0.1, -0.05) is 41.9 Å². The lowest BCUT2D eigenvalue weighted by molar-refractivity contribution is 0.429. The molecule has 1 unspecified atom stereocenters. The zero-order chi connectivity index (χ0) is 14.8. The van der Waals surface area contributed by atoms with Crippen LogP contribution in [0.25, 0.3) is 11.0 Å². The van der Waals surface area contributed by atoms with Gasteiger partial charge in [0, 0.05) is 5.39 Å². The van der Waals surface area contributed by atoms with E-state index in [4.69, 9.17) is 21.9 Å². The van der Waals surface area contributed by atoms with Gasteiger partial charge in [-0.2, -0.15) is 0 Å². The van der Waals surface area contributed by atoms with Crippen molar-refractivity contribution in [1.29, 1.82) is 0 Å². The number of halogens is 2. The van der Waals surface area contributed by atoms with Gasteiger partial charge >= 0.3 is 0 Å². The summed E-state index contributed by atoms with van der Waals surface area (Å²) in [6, 6.07) is 14.2. The Bertz CT molecular complexity index is 739. The lowest BCUT2D eigenvalue weighted by atomic mass is 10.0. The molecule has 2 aromatic carbocycles. The molecular weight excluding hydrogens is 291 g/mol. The first-order chi connectivity index (χ1) is 10.2. The quantitative estimate of drug-likeness (QED) is 0.566. The van der Waals surface area contributed by atoms with Gasteiger partial charge in [0.15, 0.2) is 0 Å². The average Bonchev–Trinajstić information content (AvgIpc) is 2.92. The van der Waals surface area contributed by atoms with E-state index in [0.29, 0.717) is 17.7 Å². The van der Waals surface area contributed by atoms with Gasteiger partial charge in [-0.3, -0.25) is 5.84 Å². The number of hydrogen-bond acceptors (Lipinski definition) is 3. The fourth-order valence-electron chi connectivity index (χ4n) is 2.34. The van der Waals surface area contributed by atoms with E-state index in [1.807, 2.05) is 30.3 Å². The zero-order valence-electron chi connectivity index (χ0n) is 11.1. The smallest absolute Gasteiger partial charge is 0.145 e. The van der Waals surface area contributed by atoms with E-state index < -0.39 is 5.82 Å². The van der Waals surface area contributed by atoms with Crippen molar-refractivity contribution in [2.75, 3.05) is 0 Å². The molecule has 3 aromatic rings. The van der Waals surface area contributed by atoms with Crippen molar-refractivity contribution in [3.63, 3.8) is 0 Å². The van der Waals surface area contributed by atoms with Gasteiger partial charge in [0.05, 0.1) is 11.1 Å². The molecule has 1 atom stereocenters. The second kappa shape index (κ2) is 5.85. The Labute approximate surface area is 126 Å². The minimum atomic E-state index is -0.421. The number of nitrogens with two attached hydrogens (primary N) is 1. The molecule has 0 aliphatic rings. The Morgan fingerprint density at radius 3 is 2.76 bits per heavy atom. The van der Waals surface area contributed by atoms with Crippen molar-refractivity contribution in [2.24, 2.45) is 5.84 Å². The molecule has 3 nitrogen and oxygen atoms in total. The molecule has 0 bridgehead atoms. The Morgan fingerprint density at radius 2 is 2.00 bits per heavy atom. The van der Waals surface area contributed by atoms with Crippen LogP contribution in [0.15, 0.2) is 52.9 Å². The van der Waals surface area contributed by atoms with Gasteiger partial charge < -0.3 is 4.42 Å². The summed E-state index contributed by atoms with van der Waals surface area (Å²) < 4.78 is 19.8. The van der Waals surface area contributed by atoms with E-state index >= 15 is 0 Å². The van der Waals surface area contributed by atoms with Crippen LogP contribution in [0.1, 0.15) is 17.4 Å². The van der Waals surface area contributed by atoms with Crippen LogP contribution in [0.3, 0.4) is 0 Å². The number of hydrazine groups is 1. The molecule has 0 saturated heterocycles. The van der Waals surface area contributed by atoms with Gasteiger partial charge in [0.2, 0.25) is 0 Å². The number of nitrogens with one attached hydrogen (secondary N) is 1. The van der Waals surface area contributed by atoms with Gasteiger partial charge in [0.1, 0.15) is 17.2 Å². The van der Waals surface area contributed by atoms with Gasteiger partial charge in [0.25, 0.3) is 0 Å². The van der Waals surface area contributed by atoms with Crippen molar-refractivity contribution in [2.45, 2.75) is 12.5 Å². The lowest BCUT2D eigenvalue weighted by Crippen LogP contribution is -2.29. The molecule has 0 amide bonds. The number of rotatable bonds is 4. The largest absolute Gasteiger partial charge is 0.459 e. The molecule has 0 aliphatic carbocycles. The summed E-state index contributed by atoms with van der Waals surface area (Å²) >= 11 is 5.80. The van der Waals surface area contributed by atoms with Gasteiger partial charge in [-0.15, -0.1) is 0 Å². The number of benzene rings is 2. The Balaban J connectivity index is 1.93. The highest BCUT2D eigenvalue weighted by molar-refractivity contribution is 6.30. The maximum absolute atomic E-state index is 14.0. The predicted octanol–water partition coefficient (Wildman–Crippen LogP) is 3.97. The normalized spacial score (nSPS) is 12.7. The lowest BCUT2D eigenvalue weighted by Gasteiger charge is -2.14. The van der Waals surface area contributed by atoms with E-state index in [-0.39, 0.29) is 11.1 Å². The molecule has 1 aromatic heterocycles. The van der Waals surface area contributed by atoms with Crippen molar-refractivity contribution in [1.82, 2.24) is 5.43 Å². The minimum absolute atomic E-state index is 0.105. The zero-order valence-corrected chi connectivity index (χ0v) is 11.9. The van der Waals surface area contributed by atoms with Crippen LogP contribution in [0, 0.1) is 5.82 Å². The molecule has 0 saturated carbocycles. The summed E-state index contributed by atoms with van der Waals surface area (Å²) in [5.74, 6) is 5.84. The summed E-state index contributed by atoms with van der Waals surface area (Å²) in [6.45, 7) is 0. The summed E-state index contributed by atoms with van der Waals surface area (Å²) in [6.07, 6.45) is 0.350. The van der Waals surface area contributed by atoms with E-state index in [9.17, 15) is 4.39 Å². The second-order valence-electron chi connectivity index (χ2n) is 4.82. The molecule has 3 rings (SSSR count). The summed E-state index contributed by atoms with van der Waals surface area (Å²) in [7, 11) is 0. The van der Waals surface area contributed by atoms with Crippen molar-refractivity contribution in [3.8, 4) is 0 Å². The van der Waals surface area contributed by atoms with Crippen LogP contribution in [0.5, 0.6) is 0 Å². The minimum Gasteiger partial charge on any atom is -0.459 e. The van der Waals surface area contributed by atoms with Gasteiger partial charge in [-0.25, -0.2) is 9.82 Å². The van der Waals surface area contributed by atoms with Crippen molar-refractivity contribution < 1.29 is 8.81 Å². The van der Waals surface area contributed by atoms with Crippen molar-refractivity contribution >= 4 is 22.6 Å². The monoisotopic (exact) mass is 304 g/mol. The molecule has 0 fully saturated rings. The van der Waals surface area contributed by atoms with Gasteiger partial charge in [-0.05, 0) is 30.2 Å². The van der Waals surface area contributed by atoms with Crippen LogP contribution < -0.4 is 11.3 Å². The first-order valence-electron chi connectivity index (χ1n) is 6.56. The fourth-order valence-corrected chi connectivity index (χ4v) is 2.54. The highest BCUT2D eigenvalue weighted by Gasteiger charge is 2.18. The molecule has 0 aliphatic heterocycles. The number of hydrogen-bond donors (Lipinski definition) is 2. The predicted molar refractivity (Wildman–Crippen MR) is 81.4 cm³/mol. The van der Waals surface area contributed by atoms with Crippen LogP contribution in [0.2, 0.25) is 5.02 Å². The van der Waals surface area contributed by atoms with Crippen LogP contribution in [-0.4, -0.2) is 0 Å². The molecule has 21 heavy (non-hydrogen) atoms. The van der Waals surface area contributed by atoms with Crippen LogP contribution in [-0.2, 0) is 6.42 Å². The van der Waals surface area contributed by atoms with E-state index in [2.05, 4.69) is 5.43 Å². The number of furan rings is 1. The first-order valence-corrected chi connectivity index (χ1v) is 6.94. The molecule has 0 spiro atoms. The van der Waals surface area contributed by atoms with E-state index in [0.717, 1.165) is 11.0 Å². The summed E-state index contributed by atoms with van der Waals surface area (Å²) in [5, 5.41) is 1.09. The number of para-hydroxylation sites is 1. The Kier molecular flexibility index (Phi) is 3.92. The molecule has 1 heterocycles. The highest BCUT2D eigenvalue weighted by atomic mass is 35.5. The third-order valence-electron chi connectivity index (χ3n) is 3.44. The summed E-state index contributed by atoms with van der Waals surface area (Å²) in [5.41, 5.74) is 3.94. The Morgan fingerprint density at radius 1 is 1.19 bits per heavy atom. The topological polar surface area (TPSA) is 51.2 Å². The van der Waals surface area contributed by atoms with Crippen LogP contribution in [0.4, 0.5) is 4.39 Å². The maximum atomic E-state index is 14.0. The SMILES string of the molecule is NNC(Cc1cccc(Cl)c1F)c1cc2ccccc2o1. The third kappa shape index (κ3) is 2.78. The average molecular weight is 305 g/mol. The third-order valence-corrected chi connectivity index (χ3v) is 3.74. The first kappa shape index (κ1) is 14.1.